The van der Waals surface area contributed by atoms with Gasteiger partial charge in [-0.1, -0.05) is 13.3 Å². The van der Waals surface area contributed by atoms with Crippen LogP contribution in [0.3, 0.4) is 0 Å². The maximum atomic E-state index is 12.2. The maximum absolute atomic E-state index is 12.2. The number of carbonyl (C=O) groups is 1. The monoisotopic (exact) mass is 304 g/mol. The van der Waals surface area contributed by atoms with Gasteiger partial charge < -0.3 is 5.11 Å². The van der Waals surface area contributed by atoms with Crippen LogP contribution in [0.15, 0.2) is 0 Å². The third kappa shape index (κ3) is 3.71. The van der Waals surface area contributed by atoms with Crippen molar-refractivity contribution in [2.24, 2.45) is 11.3 Å². The van der Waals surface area contributed by atoms with Crippen molar-refractivity contribution in [3.63, 3.8) is 0 Å². The van der Waals surface area contributed by atoms with Gasteiger partial charge in [0.2, 0.25) is 0 Å². The summed E-state index contributed by atoms with van der Waals surface area (Å²) in [7, 11) is -3.45. The van der Waals surface area contributed by atoms with Crippen LogP contribution in [-0.4, -0.2) is 43.4 Å². The highest BCUT2D eigenvalue weighted by atomic mass is 32.2. The van der Waals surface area contributed by atoms with Crippen LogP contribution in [0.2, 0.25) is 0 Å². The van der Waals surface area contributed by atoms with E-state index >= 15 is 0 Å². The maximum Gasteiger partial charge on any atom is 0.306 e. The zero-order valence-corrected chi connectivity index (χ0v) is 12.8. The Bertz CT molecular complexity index is 451. The third-order valence-corrected chi connectivity index (χ3v) is 6.06. The van der Waals surface area contributed by atoms with Gasteiger partial charge in [0.05, 0.1) is 5.92 Å². The number of carboxylic acids is 1. The van der Waals surface area contributed by atoms with Crippen LogP contribution < -0.4 is 4.72 Å². The Morgan fingerprint density at radius 3 is 2.40 bits per heavy atom. The van der Waals surface area contributed by atoms with E-state index in [2.05, 4.69) is 11.6 Å². The molecule has 20 heavy (non-hydrogen) atoms. The highest BCUT2D eigenvalue weighted by molar-refractivity contribution is 7.87. The van der Waals surface area contributed by atoms with Crippen molar-refractivity contribution < 1.29 is 18.3 Å². The van der Waals surface area contributed by atoms with Crippen molar-refractivity contribution in [3.8, 4) is 0 Å². The minimum atomic E-state index is -3.45. The molecular weight excluding hydrogens is 280 g/mol. The van der Waals surface area contributed by atoms with Gasteiger partial charge in [0.1, 0.15) is 0 Å². The van der Waals surface area contributed by atoms with Crippen molar-refractivity contribution in [2.75, 3.05) is 19.6 Å². The van der Waals surface area contributed by atoms with Gasteiger partial charge in [0, 0.05) is 19.6 Å². The second kappa shape index (κ2) is 5.99. The van der Waals surface area contributed by atoms with Gasteiger partial charge in [-0.15, -0.1) is 0 Å². The van der Waals surface area contributed by atoms with Crippen LogP contribution in [0.4, 0.5) is 0 Å². The van der Waals surface area contributed by atoms with Gasteiger partial charge in [-0.05, 0) is 37.5 Å². The Hall–Kier alpha value is -0.660. The van der Waals surface area contributed by atoms with Crippen LogP contribution in [0.5, 0.6) is 0 Å². The molecule has 2 N–H and O–H groups in total. The van der Waals surface area contributed by atoms with Gasteiger partial charge in [-0.2, -0.15) is 12.7 Å². The summed E-state index contributed by atoms with van der Waals surface area (Å²) in [6.45, 7) is 3.23. The number of hydrogen-bond donors (Lipinski definition) is 2. The van der Waals surface area contributed by atoms with E-state index in [-0.39, 0.29) is 5.41 Å². The van der Waals surface area contributed by atoms with E-state index in [1.807, 2.05) is 0 Å². The predicted molar refractivity (Wildman–Crippen MR) is 75.4 cm³/mol. The van der Waals surface area contributed by atoms with E-state index in [0.29, 0.717) is 32.5 Å². The summed E-state index contributed by atoms with van der Waals surface area (Å²) in [5, 5.41) is 8.92. The van der Waals surface area contributed by atoms with Gasteiger partial charge >= 0.3 is 5.97 Å². The lowest BCUT2D eigenvalue weighted by Gasteiger charge is -2.30. The molecule has 0 spiro atoms. The SMILES string of the molecule is CCCC1(CNS(=O)(=O)N2CCC(C(=O)O)CC2)CC1. The van der Waals surface area contributed by atoms with Crippen LogP contribution in [-0.2, 0) is 15.0 Å². The second-order valence-electron chi connectivity index (χ2n) is 6.09. The molecule has 1 saturated carbocycles. The van der Waals surface area contributed by atoms with E-state index < -0.39 is 22.1 Å². The number of nitrogens with one attached hydrogen (secondary N) is 1. The van der Waals surface area contributed by atoms with Crippen molar-refractivity contribution in [1.82, 2.24) is 9.03 Å². The molecule has 0 unspecified atom stereocenters. The van der Waals surface area contributed by atoms with Gasteiger partial charge in [-0.25, -0.2) is 4.72 Å². The summed E-state index contributed by atoms with van der Waals surface area (Å²) in [6.07, 6.45) is 5.14. The summed E-state index contributed by atoms with van der Waals surface area (Å²) in [5.41, 5.74) is 0.182. The summed E-state index contributed by atoms with van der Waals surface area (Å²) in [4.78, 5) is 10.9. The molecule has 0 bridgehead atoms. The summed E-state index contributed by atoms with van der Waals surface area (Å²) < 4.78 is 28.5. The van der Waals surface area contributed by atoms with E-state index in [0.717, 1.165) is 25.7 Å². The van der Waals surface area contributed by atoms with E-state index in [4.69, 9.17) is 5.11 Å². The third-order valence-electron chi connectivity index (χ3n) is 4.51. The number of aliphatic carboxylic acids is 1. The van der Waals surface area contributed by atoms with Crippen LogP contribution in [0, 0.1) is 11.3 Å². The number of hydrogen-bond acceptors (Lipinski definition) is 3. The van der Waals surface area contributed by atoms with Crippen LogP contribution >= 0.6 is 0 Å². The zero-order valence-electron chi connectivity index (χ0n) is 12.0. The predicted octanol–water partition coefficient (Wildman–Crippen LogP) is 1.20. The first-order valence-electron chi connectivity index (χ1n) is 7.36. The number of carboxylic acid groups (broad SMARTS) is 1. The molecule has 0 amide bonds. The Balaban J connectivity index is 1.84. The molecule has 6 nitrogen and oxygen atoms in total. The average Bonchev–Trinajstić information content (AvgIpc) is 3.18. The van der Waals surface area contributed by atoms with Crippen molar-refractivity contribution in [1.29, 1.82) is 0 Å². The fourth-order valence-corrected chi connectivity index (χ4v) is 4.26. The minimum Gasteiger partial charge on any atom is -0.481 e. The topological polar surface area (TPSA) is 86.7 Å². The molecule has 0 radical (unpaired) electrons. The smallest absolute Gasteiger partial charge is 0.306 e. The lowest BCUT2D eigenvalue weighted by molar-refractivity contribution is -0.142. The van der Waals surface area contributed by atoms with Gasteiger partial charge in [0.25, 0.3) is 10.2 Å². The highest BCUT2D eigenvalue weighted by Crippen LogP contribution is 2.49. The number of nitrogens with zero attached hydrogens (tertiary/aromatic N) is 1. The fraction of sp³-hybridized carbons (Fsp3) is 0.923. The molecule has 0 aromatic rings. The minimum absolute atomic E-state index is 0.182. The molecule has 0 aromatic carbocycles. The van der Waals surface area contributed by atoms with E-state index in [1.54, 1.807) is 0 Å². The summed E-state index contributed by atoms with van der Waals surface area (Å²) in [5.74, 6) is -1.23. The lowest BCUT2D eigenvalue weighted by atomic mass is 9.99. The standard InChI is InChI=1S/C13H24N2O4S/c1-2-5-13(6-7-13)10-14-20(18,19)15-8-3-11(4-9-15)12(16)17/h11,14H,2-10H2,1H3,(H,16,17). The van der Waals surface area contributed by atoms with Crippen LogP contribution in [0.25, 0.3) is 0 Å². The molecule has 1 aliphatic heterocycles. The van der Waals surface area contributed by atoms with Crippen molar-refractivity contribution in [3.05, 3.63) is 0 Å². The molecule has 2 aliphatic rings. The Morgan fingerprint density at radius 1 is 1.35 bits per heavy atom. The second-order valence-corrected chi connectivity index (χ2v) is 7.84. The molecule has 1 saturated heterocycles. The molecule has 0 aromatic heterocycles. The molecule has 116 valence electrons. The van der Waals surface area contributed by atoms with E-state index in [1.165, 1.54) is 4.31 Å². The first-order valence-corrected chi connectivity index (χ1v) is 8.80. The molecular formula is C13H24N2O4S. The number of piperidine rings is 1. The quantitative estimate of drug-likeness (QED) is 0.740. The largest absolute Gasteiger partial charge is 0.481 e. The zero-order chi connectivity index (χ0) is 14.8. The Kier molecular flexibility index (Phi) is 4.71. The average molecular weight is 304 g/mol. The molecule has 2 fully saturated rings. The molecule has 7 heteroatoms. The summed E-state index contributed by atoms with van der Waals surface area (Å²) >= 11 is 0. The normalized spacial score (nSPS) is 23.6. The molecule has 0 atom stereocenters. The van der Waals surface area contributed by atoms with Gasteiger partial charge in [-0.3, -0.25) is 4.79 Å². The molecule has 2 rings (SSSR count). The van der Waals surface area contributed by atoms with Crippen molar-refractivity contribution >= 4 is 16.2 Å². The van der Waals surface area contributed by atoms with Gasteiger partial charge in [0.15, 0.2) is 0 Å². The summed E-state index contributed by atoms with van der Waals surface area (Å²) in [6, 6.07) is 0. The molecule has 1 heterocycles. The first kappa shape index (κ1) is 15.7. The molecule has 1 aliphatic carbocycles. The first-order chi connectivity index (χ1) is 9.38. The lowest BCUT2D eigenvalue weighted by Crippen LogP contribution is -2.47. The number of rotatable bonds is 7. The van der Waals surface area contributed by atoms with Crippen LogP contribution in [0.1, 0.15) is 45.4 Å². The Labute approximate surface area is 120 Å². The Morgan fingerprint density at radius 2 is 1.95 bits per heavy atom. The fourth-order valence-electron chi connectivity index (χ4n) is 2.90. The van der Waals surface area contributed by atoms with E-state index in [9.17, 15) is 13.2 Å². The van der Waals surface area contributed by atoms with Crippen molar-refractivity contribution in [2.45, 2.75) is 45.4 Å². The highest BCUT2D eigenvalue weighted by Gasteiger charge is 2.42.